The van der Waals surface area contributed by atoms with Crippen LogP contribution in [0.4, 0.5) is 10.1 Å². The standard InChI is InChI=1S/C13H10FNO4S/c14-10-2-1-3-11(8-10)15-20(18,19)12-6-4-9(5-7-12)13(16)17/h1-8,15H,(H,16,17). The Bertz CT molecular complexity index is 741. The first-order valence-corrected chi connectivity index (χ1v) is 6.98. The molecule has 2 aromatic rings. The molecular formula is C13H10FNO4S. The molecule has 0 unspecified atom stereocenters. The fraction of sp³-hybridized carbons (Fsp3) is 0. The van der Waals surface area contributed by atoms with Gasteiger partial charge in [-0.3, -0.25) is 4.72 Å². The van der Waals surface area contributed by atoms with Crippen molar-refractivity contribution >= 4 is 21.7 Å². The number of benzene rings is 2. The lowest BCUT2D eigenvalue weighted by atomic mass is 10.2. The molecule has 0 bridgehead atoms. The van der Waals surface area contributed by atoms with Gasteiger partial charge in [-0.15, -0.1) is 0 Å². The lowest BCUT2D eigenvalue weighted by molar-refractivity contribution is 0.0696. The molecule has 0 heterocycles. The summed E-state index contributed by atoms with van der Waals surface area (Å²) in [7, 11) is -3.88. The molecule has 0 saturated heterocycles. The highest BCUT2D eigenvalue weighted by atomic mass is 32.2. The second kappa shape index (κ2) is 5.30. The third-order valence-corrected chi connectivity index (χ3v) is 3.89. The number of halogens is 1. The van der Waals surface area contributed by atoms with Crippen molar-refractivity contribution in [2.24, 2.45) is 0 Å². The van der Waals surface area contributed by atoms with Crippen LogP contribution in [0.2, 0.25) is 0 Å². The molecule has 5 nitrogen and oxygen atoms in total. The van der Waals surface area contributed by atoms with E-state index in [-0.39, 0.29) is 16.1 Å². The molecule has 2 aromatic carbocycles. The third-order valence-electron chi connectivity index (χ3n) is 2.49. The van der Waals surface area contributed by atoms with Crippen molar-refractivity contribution in [3.05, 3.63) is 59.9 Å². The van der Waals surface area contributed by atoms with Crippen LogP contribution in [-0.2, 0) is 10.0 Å². The van der Waals surface area contributed by atoms with Crippen LogP contribution in [0.15, 0.2) is 53.4 Å². The molecule has 0 aliphatic carbocycles. The summed E-state index contributed by atoms with van der Waals surface area (Å²) in [5, 5.41) is 8.74. The van der Waals surface area contributed by atoms with Crippen molar-refractivity contribution in [2.75, 3.05) is 4.72 Å². The molecule has 0 saturated carbocycles. The molecular weight excluding hydrogens is 285 g/mol. The van der Waals surface area contributed by atoms with Crippen molar-refractivity contribution in [1.29, 1.82) is 0 Å². The Labute approximate surface area is 114 Å². The molecule has 0 amide bonds. The first-order valence-electron chi connectivity index (χ1n) is 5.50. The van der Waals surface area contributed by atoms with Gasteiger partial charge in [0.05, 0.1) is 16.1 Å². The molecule has 0 fully saturated rings. The van der Waals surface area contributed by atoms with Gasteiger partial charge in [-0.1, -0.05) is 6.07 Å². The number of aromatic carboxylic acids is 1. The lowest BCUT2D eigenvalue weighted by Crippen LogP contribution is -2.13. The van der Waals surface area contributed by atoms with Gasteiger partial charge >= 0.3 is 5.97 Å². The van der Waals surface area contributed by atoms with E-state index in [9.17, 15) is 17.6 Å². The van der Waals surface area contributed by atoms with Crippen molar-refractivity contribution in [1.82, 2.24) is 0 Å². The highest BCUT2D eigenvalue weighted by molar-refractivity contribution is 7.92. The smallest absolute Gasteiger partial charge is 0.335 e. The van der Waals surface area contributed by atoms with E-state index in [1.54, 1.807) is 0 Å². The molecule has 2 rings (SSSR count). The van der Waals surface area contributed by atoms with Gasteiger partial charge in [0.1, 0.15) is 5.82 Å². The van der Waals surface area contributed by atoms with E-state index >= 15 is 0 Å². The van der Waals surface area contributed by atoms with Crippen LogP contribution in [0.25, 0.3) is 0 Å². The van der Waals surface area contributed by atoms with Crippen molar-refractivity contribution in [3.8, 4) is 0 Å². The molecule has 7 heteroatoms. The number of hydrogen-bond acceptors (Lipinski definition) is 3. The van der Waals surface area contributed by atoms with Gasteiger partial charge in [-0.2, -0.15) is 0 Å². The number of anilines is 1. The maximum atomic E-state index is 13.0. The number of carboxylic acid groups (broad SMARTS) is 1. The highest BCUT2D eigenvalue weighted by Crippen LogP contribution is 2.17. The van der Waals surface area contributed by atoms with Crippen LogP contribution < -0.4 is 4.72 Å². The van der Waals surface area contributed by atoms with Crippen LogP contribution in [-0.4, -0.2) is 19.5 Å². The molecule has 0 aliphatic heterocycles. The van der Waals surface area contributed by atoms with Crippen LogP contribution in [0, 0.1) is 5.82 Å². The SMILES string of the molecule is O=C(O)c1ccc(S(=O)(=O)Nc2cccc(F)c2)cc1. The minimum absolute atomic E-state index is 0.0188. The highest BCUT2D eigenvalue weighted by Gasteiger charge is 2.15. The summed E-state index contributed by atoms with van der Waals surface area (Å²) in [6.07, 6.45) is 0. The van der Waals surface area contributed by atoms with Crippen molar-refractivity contribution in [2.45, 2.75) is 4.90 Å². The third kappa shape index (κ3) is 3.12. The number of carboxylic acids is 1. The molecule has 0 aliphatic rings. The molecule has 2 N–H and O–H groups in total. The first kappa shape index (κ1) is 14.0. The largest absolute Gasteiger partial charge is 0.478 e. The Hall–Kier alpha value is -2.41. The zero-order chi connectivity index (χ0) is 14.8. The number of nitrogens with one attached hydrogen (secondary N) is 1. The van der Waals surface area contributed by atoms with E-state index in [0.29, 0.717) is 0 Å². The summed E-state index contributed by atoms with van der Waals surface area (Å²) in [6, 6.07) is 9.73. The van der Waals surface area contributed by atoms with Gasteiger partial charge < -0.3 is 5.11 Å². The van der Waals surface area contributed by atoms with Gasteiger partial charge in [0.25, 0.3) is 10.0 Å². The van der Waals surface area contributed by atoms with Gasteiger partial charge in [0, 0.05) is 0 Å². The molecule has 0 radical (unpaired) electrons. The minimum atomic E-state index is -3.88. The fourth-order valence-corrected chi connectivity index (χ4v) is 2.59. The van der Waals surface area contributed by atoms with Crippen LogP contribution in [0.3, 0.4) is 0 Å². The van der Waals surface area contributed by atoms with E-state index in [0.717, 1.165) is 6.07 Å². The average molecular weight is 295 g/mol. The summed E-state index contributed by atoms with van der Waals surface area (Å²) in [4.78, 5) is 10.6. The van der Waals surface area contributed by atoms with Crippen molar-refractivity contribution < 1.29 is 22.7 Å². The second-order valence-electron chi connectivity index (χ2n) is 3.95. The van der Waals surface area contributed by atoms with E-state index < -0.39 is 21.8 Å². The molecule has 20 heavy (non-hydrogen) atoms. The number of rotatable bonds is 4. The summed E-state index contributed by atoms with van der Waals surface area (Å²) >= 11 is 0. The maximum Gasteiger partial charge on any atom is 0.335 e. The number of carbonyl (C=O) groups is 1. The number of hydrogen-bond donors (Lipinski definition) is 2. The van der Waals surface area contributed by atoms with Crippen LogP contribution >= 0.6 is 0 Å². The Kier molecular flexibility index (Phi) is 3.71. The van der Waals surface area contributed by atoms with Gasteiger partial charge in [-0.25, -0.2) is 17.6 Å². The van der Waals surface area contributed by atoms with E-state index in [1.807, 2.05) is 0 Å². The zero-order valence-electron chi connectivity index (χ0n) is 10.1. The second-order valence-corrected chi connectivity index (χ2v) is 5.63. The summed E-state index contributed by atoms with van der Waals surface area (Å²) in [5.41, 5.74) is 0.0713. The van der Waals surface area contributed by atoms with E-state index in [4.69, 9.17) is 5.11 Å². The zero-order valence-corrected chi connectivity index (χ0v) is 10.9. The first-order chi connectivity index (χ1) is 9.38. The van der Waals surface area contributed by atoms with Crippen LogP contribution in [0.5, 0.6) is 0 Å². The average Bonchev–Trinajstić information content (AvgIpc) is 2.38. The Balaban J connectivity index is 2.28. The normalized spacial score (nSPS) is 11.1. The predicted octanol–water partition coefficient (Wildman–Crippen LogP) is 2.32. The Morgan fingerprint density at radius 3 is 2.30 bits per heavy atom. The van der Waals surface area contributed by atoms with Crippen LogP contribution in [0.1, 0.15) is 10.4 Å². The van der Waals surface area contributed by atoms with Crippen molar-refractivity contribution in [3.63, 3.8) is 0 Å². The fourth-order valence-electron chi connectivity index (χ4n) is 1.54. The quantitative estimate of drug-likeness (QED) is 0.906. The maximum absolute atomic E-state index is 13.0. The van der Waals surface area contributed by atoms with E-state index in [2.05, 4.69) is 4.72 Å². The molecule has 0 spiro atoms. The van der Waals surface area contributed by atoms with Gasteiger partial charge in [0.15, 0.2) is 0 Å². The summed E-state index contributed by atoms with van der Waals surface area (Å²) < 4.78 is 39.2. The number of sulfonamides is 1. The summed E-state index contributed by atoms with van der Waals surface area (Å²) in [5.74, 6) is -1.71. The molecule has 0 atom stereocenters. The summed E-state index contributed by atoms with van der Waals surface area (Å²) in [6.45, 7) is 0. The topological polar surface area (TPSA) is 83.5 Å². The van der Waals surface area contributed by atoms with E-state index in [1.165, 1.54) is 42.5 Å². The molecule has 104 valence electrons. The monoisotopic (exact) mass is 295 g/mol. The lowest BCUT2D eigenvalue weighted by Gasteiger charge is -2.08. The molecule has 0 aromatic heterocycles. The Morgan fingerprint density at radius 1 is 1.10 bits per heavy atom. The van der Waals surface area contributed by atoms with Gasteiger partial charge in [0.2, 0.25) is 0 Å². The van der Waals surface area contributed by atoms with Gasteiger partial charge in [-0.05, 0) is 42.5 Å². The minimum Gasteiger partial charge on any atom is -0.478 e. The predicted molar refractivity (Wildman–Crippen MR) is 70.6 cm³/mol. The Morgan fingerprint density at radius 2 is 1.75 bits per heavy atom.